The van der Waals surface area contributed by atoms with E-state index in [0.717, 1.165) is 19.3 Å². The van der Waals surface area contributed by atoms with Crippen LogP contribution in [0.2, 0.25) is 0 Å². The highest BCUT2D eigenvalue weighted by atomic mass is 32.2. The number of aliphatic hydroxyl groups is 1. The zero-order valence-electron chi connectivity index (χ0n) is 12.5. The Balaban J connectivity index is 1.87. The van der Waals surface area contributed by atoms with Crippen molar-refractivity contribution < 1.29 is 13.5 Å². The van der Waals surface area contributed by atoms with Crippen molar-refractivity contribution in [3.63, 3.8) is 0 Å². The van der Waals surface area contributed by atoms with Crippen LogP contribution in [0.3, 0.4) is 0 Å². The van der Waals surface area contributed by atoms with Gasteiger partial charge in [0, 0.05) is 18.6 Å². The van der Waals surface area contributed by atoms with E-state index in [1.165, 1.54) is 12.1 Å². The van der Waals surface area contributed by atoms with Crippen LogP contribution in [0.15, 0.2) is 23.1 Å². The van der Waals surface area contributed by atoms with Crippen molar-refractivity contribution in [2.45, 2.75) is 37.1 Å². The lowest BCUT2D eigenvalue weighted by Crippen LogP contribution is -2.45. The van der Waals surface area contributed by atoms with Gasteiger partial charge in [-0.2, -0.15) is 5.26 Å². The highest BCUT2D eigenvalue weighted by Gasteiger charge is 2.48. The van der Waals surface area contributed by atoms with Gasteiger partial charge in [-0.3, -0.25) is 0 Å². The minimum atomic E-state index is -3.64. The van der Waals surface area contributed by atoms with E-state index in [1.807, 2.05) is 6.07 Å². The van der Waals surface area contributed by atoms with Crippen molar-refractivity contribution in [3.05, 3.63) is 29.3 Å². The minimum absolute atomic E-state index is 0.0206. The van der Waals surface area contributed by atoms with Crippen LogP contribution in [0.1, 0.15) is 30.4 Å². The van der Waals surface area contributed by atoms with Gasteiger partial charge in [-0.25, -0.2) is 13.1 Å². The van der Waals surface area contributed by atoms with E-state index < -0.39 is 10.0 Å². The van der Waals surface area contributed by atoms with Crippen molar-refractivity contribution in [2.75, 3.05) is 6.61 Å². The molecule has 0 saturated heterocycles. The smallest absolute Gasteiger partial charge is 0.241 e. The summed E-state index contributed by atoms with van der Waals surface area (Å²) in [6, 6.07) is 6.42. The first kappa shape index (κ1) is 15.5. The molecule has 0 amide bonds. The largest absolute Gasteiger partial charge is 0.396 e. The molecule has 3 rings (SSSR count). The number of nitrogens with zero attached hydrogens (tertiary/aromatic N) is 1. The highest BCUT2D eigenvalue weighted by Crippen LogP contribution is 2.48. The number of hydrogen-bond donors (Lipinski definition) is 2. The van der Waals surface area contributed by atoms with Gasteiger partial charge in [-0.05, 0) is 61.8 Å². The lowest BCUT2D eigenvalue weighted by molar-refractivity contribution is 0.153. The van der Waals surface area contributed by atoms with E-state index in [9.17, 15) is 13.5 Å². The molecule has 4 atom stereocenters. The third-order valence-corrected chi connectivity index (χ3v) is 6.80. The number of benzene rings is 1. The normalized spacial score (nSPS) is 30.4. The molecule has 0 aliphatic heterocycles. The molecule has 2 bridgehead atoms. The van der Waals surface area contributed by atoms with E-state index in [1.54, 1.807) is 13.0 Å². The Morgan fingerprint density at radius 3 is 2.73 bits per heavy atom. The molecule has 1 aromatic rings. The Hall–Kier alpha value is -1.42. The van der Waals surface area contributed by atoms with Gasteiger partial charge in [0.15, 0.2) is 0 Å². The lowest BCUT2D eigenvalue weighted by Gasteiger charge is -2.30. The van der Waals surface area contributed by atoms with E-state index >= 15 is 0 Å². The van der Waals surface area contributed by atoms with Crippen LogP contribution in [-0.4, -0.2) is 26.2 Å². The summed E-state index contributed by atoms with van der Waals surface area (Å²) in [5.74, 6) is 0.785. The monoisotopic (exact) mass is 320 g/mol. The van der Waals surface area contributed by atoms with Crippen molar-refractivity contribution in [2.24, 2.45) is 17.8 Å². The Kier molecular flexibility index (Phi) is 3.98. The second-order valence-electron chi connectivity index (χ2n) is 6.42. The van der Waals surface area contributed by atoms with E-state index in [4.69, 9.17) is 5.26 Å². The van der Waals surface area contributed by atoms with Crippen LogP contribution in [0.4, 0.5) is 0 Å². The summed E-state index contributed by atoms with van der Waals surface area (Å²) < 4.78 is 28.2. The Morgan fingerprint density at radius 2 is 2.09 bits per heavy atom. The number of fused-ring (bicyclic) bond motifs is 2. The van der Waals surface area contributed by atoms with E-state index in [0.29, 0.717) is 23.0 Å². The van der Waals surface area contributed by atoms with Crippen molar-refractivity contribution >= 4 is 10.0 Å². The first-order valence-electron chi connectivity index (χ1n) is 7.60. The number of aryl methyl sites for hydroxylation is 1. The van der Waals surface area contributed by atoms with E-state index in [2.05, 4.69) is 4.72 Å². The standard InChI is InChI=1S/C16H20N2O3S/c1-10-6-11(8-17)2-5-15(10)22(20,21)18-16-13-4-3-12(7-13)14(16)9-19/h2,5-6,12-14,16,18-19H,3-4,7,9H2,1H3. The SMILES string of the molecule is Cc1cc(C#N)ccc1S(=O)(=O)NC1C2CCC(C2)C1CO. The number of nitrogens with one attached hydrogen (secondary N) is 1. The molecule has 118 valence electrons. The Morgan fingerprint density at radius 1 is 1.36 bits per heavy atom. The van der Waals surface area contributed by atoms with Crippen LogP contribution < -0.4 is 4.72 Å². The predicted octanol–water partition coefficient (Wildman–Crippen LogP) is 1.55. The zero-order valence-corrected chi connectivity index (χ0v) is 13.3. The number of sulfonamides is 1. The molecule has 0 heterocycles. The second kappa shape index (κ2) is 5.65. The van der Waals surface area contributed by atoms with Crippen molar-refractivity contribution in [1.29, 1.82) is 5.26 Å². The predicted molar refractivity (Wildman–Crippen MR) is 81.4 cm³/mol. The molecule has 2 saturated carbocycles. The van der Waals surface area contributed by atoms with Gasteiger partial charge in [0.2, 0.25) is 10.0 Å². The van der Waals surface area contributed by atoms with Gasteiger partial charge >= 0.3 is 0 Å². The number of rotatable bonds is 4. The average molecular weight is 320 g/mol. The molecule has 0 radical (unpaired) electrons. The summed E-state index contributed by atoms with van der Waals surface area (Å²) in [5.41, 5.74) is 1.01. The molecule has 2 aliphatic rings. The van der Waals surface area contributed by atoms with Crippen LogP contribution >= 0.6 is 0 Å². The molecule has 6 heteroatoms. The first-order valence-corrected chi connectivity index (χ1v) is 9.08. The number of aliphatic hydroxyl groups excluding tert-OH is 1. The summed E-state index contributed by atoms with van der Waals surface area (Å²) in [5, 5.41) is 18.5. The van der Waals surface area contributed by atoms with Crippen molar-refractivity contribution in [3.8, 4) is 6.07 Å². The molecular weight excluding hydrogens is 300 g/mol. The van der Waals surface area contributed by atoms with Crippen LogP contribution in [0.5, 0.6) is 0 Å². The van der Waals surface area contributed by atoms with E-state index in [-0.39, 0.29) is 23.5 Å². The molecule has 1 aromatic carbocycles. The van der Waals surface area contributed by atoms with Gasteiger partial charge in [-0.15, -0.1) is 0 Å². The topological polar surface area (TPSA) is 90.2 Å². The summed E-state index contributed by atoms with van der Waals surface area (Å²) in [4.78, 5) is 0.214. The summed E-state index contributed by atoms with van der Waals surface area (Å²) in [7, 11) is -3.64. The third-order valence-electron chi connectivity index (χ3n) is 5.18. The van der Waals surface area contributed by atoms with Crippen LogP contribution in [0, 0.1) is 36.0 Å². The molecular formula is C16H20N2O3S. The third kappa shape index (κ3) is 2.54. The fraction of sp³-hybridized carbons (Fsp3) is 0.562. The highest BCUT2D eigenvalue weighted by molar-refractivity contribution is 7.89. The Bertz CT molecular complexity index is 723. The van der Waals surface area contributed by atoms with Gasteiger partial charge in [-0.1, -0.05) is 0 Å². The Labute approximate surface area is 131 Å². The van der Waals surface area contributed by atoms with Gasteiger partial charge in [0.25, 0.3) is 0 Å². The molecule has 2 N–H and O–H groups in total. The first-order chi connectivity index (χ1) is 10.5. The molecule has 22 heavy (non-hydrogen) atoms. The molecule has 4 unspecified atom stereocenters. The molecule has 2 aliphatic carbocycles. The maximum absolute atomic E-state index is 12.7. The number of hydrogen-bond acceptors (Lipinski definition) is 4. The zero-order chi connectivity index (χ0) is 15.9. The summed E-state index contributed by atoms with van der Waals surface area (Å²) in [6.07, 6.45) is 3.12. The molecule has 0 aromatic heterocycles. The van der Waals surface area contributed by atoms with Gasteiger partial charge in [0.1, 0.15) is 0 Å². The fourth-order valence-corrected chi connectivity index (χ4v) is 5.70. The second-order valence-corrected chi connectivity index (χ2v) is 8.10. The molecule has 5 nitrogen and oxygen atoms in total. The average Bonchev–Trinajstić information content (AvgIpc) is 3.07. The quantitative estimate of drug-likeness (QED) is 0.881. The maximum Gasteiger partial charge on any atom is 0.241 e. The van der Waals surface area contributed by atoms with Crippen LogP contribution in [0.25, 0.3) is 0 Å². The van der Waals surface area contributed by atoms with Gasteiger partial charge < -0.3 is 5.11 Å². The maximum atomic E-state index is 12.7. The fourth-order valence-electron chi connectivity index (χ4n) is 4.12. The van der Waals surface area contributed by atoms with Gasteiger partial charge in [0.05, 0.1) is 16.5 Å². The summed E-state index contributed by atoms with van der Waals surface area (Å²) in [6.45, 7) is 1.72. The lowest BCUT2D eigenvalue weighted by atomic mass is 9.86. The molecule has 2 fully saturated rings. The number of nitriles is 1. The van der Waals surface area contributed by atoms with Crippen molar-refractivity contribution in [1.82, 2.24) is 4.72 Å². The van der Waals surface area contributed by atoms with Crippen LogP contribution in [-0.2, 0) is 10.0 Å². The minimum Gasteiger partial charge on any atom is -0.396 e. The summed E-state index contributed by atoms with van der Waals surface area (Å²) >= 11 is 0. The molecule has 0 spiro atoms.